The van der Waals surface area contributed by atoms with E-state index in [4.69, 9.17) is 22.7 Å². The fourth-order valence-corrected chi connectivity index (χ4v) is 1.73. The van der Waals surface area contributed by atoms with Gasteiger partial charge in [-0.2, -0.15) is 0 Å². The number of ether oxygens (including phenoxy) is 1. The third-order valence-corrected chi connectivity index (χ3v) is 2.41. The van der Waals surface area contributed by atoms with E-state index in [2.05, 4.69) is 15.9 Å². The zero-order valence-corrected chi connectivity index (χ0v) is 9.28. The smallest absolute Gasteiger partial charge is 0.161 e. The molecule has 0 aliphatic heterocycles. The van der Waals surface area contributed by atoms with Crippen LogP contribution in [-0.2, 0) is 0 Å². The van der Waals surface area contributed by atoms with Crippen LogP contribution in [0.2, 0.25) is 0 Å². The number of phenolic OH excluding ortho intramolecular Hbond substituents is 1. The van der Waals surface area contributed by atoms with E-state index in [1.54, 1.807) is 6.07 Å². The molecule has 3 N–H and O–H groups in total. The molecule has 0 amide bonds. The molecule has 0 atom stereocenters. The lowest BCUT2D eigenvalue weighted by Gasteiger charge is -2.07. The van der Waals surface area contributed by atoms with Gasteiger partial charge >= 0.3 is 0 Å². The van der Waals surface area contributed by atoms with E-state index < -0.39 is 0 Å². The summed E-state index contributed by atoms with van der Waals surface area (Å²) in [6.45, 7) is 0. The van der Waals surface area contributed by atoms with Crippen LogP contribution in [0.1, 0.15) is 5.56 Å². The second-order valence-corrected chi connectivity index (χ2v) is 3.66. The van der Waals surface area contributed by atoms with Gasteiger partial charge in [-0.1, -0.05) is 12.2 Å². The number of methoxy groups -OCH3 is 1. The molecule has 0 saturated carbocycles. The van der Waals surface area contributed by atoms with Gasteiger partial charge in [-0.25, -0.2) is 0 Å². The highest BCUT2D eigenvalue weighted by Gasteiger charge is 2.09. The molecule has 0 spiro atoms. The van der Waals surface area contributed by atoms with Crippen molar-refractivity contribution in [3.63, 3.8) is 0 Å². The minimum Gasteiger partial charge on any atom is -0.504 e. The highest BCUT2D eigenvalue weighted by molar-refractivity contribution is 9.10. The van der Waals surface area contributed by atoms with Crippen molar-refractivity contribution < 1.29 is 9.84 Å². The van der Waals surface area contributed by atoms with Gasteiger partial charge in [0.25, 0.3) is 0 Å². The van der Waals surface area contributed by atoms with Crippen LogP contribution in [-0.4, -0.2) is 17.2 Å². The Morgan fingerprint density at radius 2 is 2.23 bits per heavy atom. The summed E-state index contributed by atoms with van der Waals surface area (Å²) >= 11 is 8.05. The lowest BCUT2D eigenvalue weighted by molar-refractivity contribution is 0.373. The normalized spacial score (nSPS) is 9.69. The molecule has 0 aliphatic rings. The Morgan fingerprint density at radius 3 is 2.69 bits per heavy atom. The van der Waals surface area contributed by atoms with Crippen LogP contribution in [0.5, 0.6) is 11.5 Å². The Bertz CT molecular complexity index is 354. The fraction of sp³-hybridized carbons (Fsp3) is 0.125. The Kier molecular flexibility index (Phi) is 3.11. The molecule has 3 nitrogen and oxygen atoms in total. The van der Waals surface area contributed by atoms with Crippen LogP contribution in [0.25, 0.3) is 0 Å². The van der Waals surface area contributed by atoms with E-state index in [-0.39, 0.29) is 10.7 Å². The Morgan fingerprint density at radius 1 is 1.62 bits per heavy atom. The summed E-state index contributed by atoms with van der Waals surface area (Å²) in [4.78, 5) is 0.227. The highest BCUT2D eigenvalue weighted by Crippen LogP contribution is 2.32. The molecule has 1 rings (SSSR count). The standard InChI is InChI=1S/C8H8BrNO2S/c1-12-7-3-5(9)4(8(10)13)2-6(7)11/h2-3,11H,1H3,(H2,10,13). The maximum Gasteiger partial charge on any atom is 0.161 e. The molecule has 0 fully saturated rings. The zero-order valence-electron chi connectivity index (χ0n) is 6.87. The van der Waals surface area contributed by atoms with Crippen molar-refractivity contribution in [2.75, 3.05) is 7.11 Å². The van der Waals surface area contributed by atoms with Crippen LogP contribution in [0.4, 0.5) is 0 Å². The van der Waals surface area contributed by atoms with Gasteiger partial charge in [0.1, 0.15) is 4.99 Å². The molecule has 0 bridgehead atoms. The molecule has 0 unspecified atom stereocenters. The first-order valence-electron chi connectivity index (χ1n) is 3.42. The van der Waals surface area contributed by atoms with E-state index in [0.717, 1.165) is 0 Å². The molecule has 0 aromatic heterocycles. The van der Waals surface area contributed by atoms with Crippen LogP contribution < -0.4 is 10.5 Å². The first-order valence-corrected chi connectivity index (χ1v) is 4.62. The minimum atomic E-state index is 0.0218. The van der Waals surface area contributed by atoms with E-state index in [0.29, 0.717) is 15.8 Å². The predicted molar refractivity (Wildman–Crippen MR) is 58.2 cm³/mol. The first-order chi connectivity index (χ1) is 6.06. The maximum atomic E-state index is 9.40. The summed E-state index contributed by atoms with van der Waals surface area (Å²) in [6.07, 6.45) is 0. The topological polar surface area (TPSA) is 55.5 Å². The van der Waals surface area contributed by atoms with Gasteiger partial charge in [-0.3, -0.25) is 0 Å². The number of benzene rings is 1. The minimum absolute atomic E-state index is 0.0218. The molecule has 0 aliphatic carbocycles. The predicted octanol–water partition coefficient (Wildman–Crippen LogP) is 1.80. The molecular weight excluding hydrogens is 254 g/mol. The summed E-state index contributed by atoms with van der Waals surface area (Å²) < 4.78 is 5.60. The largest absolute Gasteiger partial charge is 0.504 e. The number of hydrogen-bond acceptors (Lipinski definition) is 3. The molecular formula is C8H8BrNO2S. The summed E-state index contributed by atoms with van der Waals surface area (Å²) in [6, 6.07) is 3.08. The number of thiocarbonyl (C=S) groups is 1. The van der Waals surface area contributed by atoms with Crippen LogP contribution in [0.15, 0.2) is 16.6 Å². The Hall–Kier alpha value is -0.810. The second kappa shape index (κ2) is 3.93. The monoisotopic (exact) mass is 261 g/mol. The van der Waals surface area contributed by atoms with Crippen LogP contribution in [0, 0.1) is 0 Å². The van der Waals surface area contributed by atoms with Crippen molar-refractivity contribution in [1.29, 1.82) is 0 Å². The van der Waals surface area contributed by atoms with Crippen molar-refractivity contribution >= 4 is 33.1 Å². The summed E-state index contributed by atoms with van der Waals surface area (Å²) in [5, 5.41) is 9.40. The van der Waals surface area contributed by atoms with Gasteiger partial charge in [0.15, 0.2) is 11.5 Å². The van der Waals surface area contributed by atoms with E-state index in [9.17, 15) is 5.11 Å². The van der Waals surface area contributed by atoms with Crippen LogP contribution in [0.3, 0.4) is 0 Å². The van der Waals surface area contributed by atoms with Gasteiger partial charge in [-0.05, 0) is 28.1 Å². The number of nitrogens with two attached hydrogens (primary N) is 1. The fourth-order valence-electron chi connectivity index (χ4n) is 0.896. The van der Waals surface area contributed by atoms with Gasteiger partial charge in [0.2, 0.25) is 0 Å². The SMILES string of the molecule is COc1cc(Br)c(C(N)=S)cc1O. The van der Waals surface area contributed by atoms with Gasteiger partial charge < -0.3 is 15.6 Å². The van der Waals surface area contributed by atoms with Gasteiger partial charge in [0, 0.05) is 10.0 Å². The maximum absolute atomic E-state index is 9.40. The van der Waals surface area contributed by atoms with E-state index >= 15 is 0 Å². The van der Waals surface area contributed by atoms with Gasteiger partial charge in [0.05, 0.1) is 7.11 Å². The van der Waals surface area contributed by atoms with Crippen molar-refractivity contribution in [2.45, 2.75) is 0 Å². The van der Waals surface area contributed by atoms with Crippen molar-refractivity contribution in [3.05, 3.63) is 22.2 Å². The first kappa shape index (κ1) is 10.3. The zero-order chi connectivity index (χ0) is 10.0. The van der Waals surface area contributed by atoms with E-state index in [1.807, 2.05) is 0 Å². The summed E-state index contributed by atoms with van der Waals surface area (Å²) in [5.74, 6) is 0.403. The molecule has 70 valence electrons. The number of phenols is 1. The lowest BCUT2D eigenvalue weighted by Crippen LogP contribution is -2.10. The Balaban J connectivity index is 3.28. The third kappa shape index (κ3) is 2.10. The van der Waals surface area contributed by atoms with Crippen molar-refractivity contribution in [2.24, 2.45) is 5.73 Å². The highest BCUT2D eigenvalue weighted by atomic mass is 79.9. The van der Waals surface area contributed by atoms with Crippen molar-refractivity contribution in [1.82, 2.24) is 0 Å². The van der Waals surface area contributed by atoms with Gasteiger partial charge in [-0.15, -0.1) is 0 Å². The third-order valence-electron chi connectivity index (χ3n) is 1.53. The molecule has 5 heteroatoms. The quantitative estimate of drug-likeness (QED) is 0.798. The second-order valence-electron chi connectivity index (χ2n) is 2.37. The van der Waals surface area contributed by atoms with E-state index in [1.165, 1.54) is 13.2 Å². The lowest BCUT2D eigenvalue weighted by atomic mass is 10.2. The average molecular weight is 262 g/mol. The molecule has 1 aromatic carbocycles. The number of hydrogen-bond donors (Lipinski definition) is 2. The molecule has 0 radical (unpaired) electrons. The summed E-state index contributed by atoms with van der Waals surface area (Å²) in [7, 11) is 1.47. The molecule has 0 saturated heterocycles. The summed E-state index contributed by atoms with van der Waals surface area (Å²) in [5.41, 5.74) is 6.02. The molecule has 13 heavy (non-hydrogen) atoms. The Labute approximate surface area is 89.6 Å². The van der Waals surface area contributed by atoms with Crippen molar-refractivity contribution in [3.8, 4) is 11.5 Å². The molecule has 0 heterocycles. The average Bonchev–Trinajstić information content (AvgIpc) is 2.07. The number of rotatable bonds is 2. The number of aromatic hydroxyl groups is 1. The molecule has 1 aromatic rings. The van der Waals surface area contributed by atoms with Crippen LogP contribution >= 0.6 is 28.1 Å². The number of halogens is 1.